The summed E-state index contributed by atoms with van der Waals surface area (Å²) < 4.78 is 0. The third kappa shape index (κ3) is 3.57. The summed E-state index contributed by atoms with van der Waals surface area (Å²) >= 11 is 0. The van der Waals surface area contributed by atoms with Crippen LogP contribution in [0.3, 0.4) is 0 Å². The molecule has 134 valence electrons. The highest BCUT2D eigenvalue weighted by molar-refractivity contribution is 5.87. The van der Waals surface area contributed by atoms with Gasteiger partial charge < -0.3 is 15.7 Å². The summed E-state index contributed by atoms with van der Waals surface area (Å²) in [5.74, 6) is 1.13. The van der Waals surface area contributed by atoms with Crippen molar-refractivity contribution < 1.29 is 5.11 Å². The van der Waals surface area contributed by atoms with E-state index in [0.717, 1.165) is 36.9 Å². The molecular weight excluding hydrogens is 328 g/mol. The summed E-state index contributed by atoms with van der Waals surface area (Å²) in [7, 11) is 0. The Kier molecular flexibility index (Phi) is 4.62. The third-order valence-corrected chi connectivity index (χ3v) is 4.70. The van der Waals surface area contributed by atoms with Crippen LogP contribution in [0.2, 0.25) is 0 Å². The fourth-order valence-corrected chi connectivity index (χ4v) is 3.32. The minimum atomic E-state index is -0.361. The minimum Gasteiger partial charge on any atom is -0.391 e. The zero-order chi connectivity index (χ0) is 17.9. The molecule has 0 bridgehead atoms. The normalized spacial score (nSPS) is 20.1. The first kappa shape index (κ1) is 16.7. The molecule has 4 rings (SSSR count). The van der Waals surface area contributed by atoms with Crippen molar-refractivity contribution in [2.75, 3.05) is 10.6 Å². The lowest BCUT2D eigenvalue weighted by atomic mass is 9.93. The first-order valence-corrected chi connectivity index (χ1v) is 8.95. The van der Waals surface area contributed by atoms with Crippen LogP contribution in [0.4, 0.5) is 17.5 Å². The summed E-state index contributed by atoms with van der Waals surface area (Å²) in [5, 5.41) is 16.7. The van der Waals surface area contributed by atoms with E-state index >= 15 is 0 Å². The minimum absolute atomic E-state index is 0.0148. The monoisotopic (exact) mass is 350 g/mol. The van der Waals surface area contributed by atoms with Gasteiger partial charge >= 0.3 is 0 Å². The Bertz CT molecular complexity index is 915. The molecule has 1 fully saturated rings. The molecule has 1 aromatic carbocycles. The van der Waals surface area contributed by atoms with Gasteiger partial charge in [-0.2, -0.15) is 0 Å². The molecule has 7 heteroatoms. The standard InChI is InChI=1S/C19H22N6O/c1-12-5-4-6-13(9-12)23-18-17-15(21-11-22-18)10-20-19(25-17)24-14-7-2-3-8-16(14)26/h4-6,9-11,14,16,26H,2-3,7-8H2,1H3,(H,20,24,25)(H,21,22,23). The molecule has 2 aromatic heterocycles. The highest BCUT2D eigenvalue weighted by atomic mass is 16.3. The molecule has 0 radical (unpaired) electrons. The maximum atomic E-state index is 10.2. The molecule has 1 saturated carbocycles. The zero-order valence-corrected chi connectivity index (χ0v) is 14.7. The summed E-state index contributed by atoms with van der Waals surface area (Å²) in [5.41, 5.74) is 3.43. The second-order valence-corrected chi connectivity index (χ2v) is 6.75. The Morgan fingerprint density at radius 1 is 1.12 bits per heavy atom. The van der Waals surface area contributed by atoms with Gasteiger partial charge in [0, 0.05) is 5.69 Å². The van der Waals surface area contributed by atoms with Gasteiger partial charge in [-0.25, -0.2) is 19.9 Å². The molecule has 0 amide bonds. The van der Waals surface area contributed by atoms with Crippen LogP contribution in [0.25, 0.3) is 11.0 Å². The molecule has 26 heavy (non-hydrogen) atoms. The Balaban J connectivity index is 1.63. The van der Waals surface area contributed by atoms with Gasteiger partial charge in [-0.05, 0) is 37.5 Å². The van der Waals surface area contributed by atoms with Gasteiger partial charge in [0.15, 0.2) is 5.82 Å². The van der Waals surface area contributed by atoms with Crippen LogP contribution in [-0.4, -0.2) is 37.2 Å². The maximum absolute atomic E-state index is 10.2. The number of benzene rings is 1. The zero-order valence-electron chi connectivity index (χ0n) is 14.7. The van der Waals surface area contributed by atoms with Gasteiger partial charge in [-0.1, -0.05) is 25.0 Å². The van der Waals surface area contributed by atoms with Crippen LogP contribution in [-0.2, 0) is 0 Å². The molecule has 0 spiro atoms. The quantitative estimate of drug-likeness (QED) is 0.665. The summed E-state index contributed by atoms with van der Waals surface area (Å²) in [6.07, 6.45) is 6.73. The fourth-order valence-electron chi connectivity index (χ4n) is 3.32. The second kappa shape index (κ2) is 7.21. The van der Waals surface area contributed by atoms with Crippen molar-refractivity contribution in [3.8, 4) is 0 Å². The number of anilines is 3. The largest absolute Gasteiger partial charge is 0.391 e. The average Bonchev–Trinajstić information content (AvgIpc) is 2.64. The second-order valence-electron chi connectivity index (χ2n) is 6.75. The van der Waals surface area contributed by atoms with Crippen molar-refractivity contribution >= 4 is 28.5 Å². The van der Waals surface area contributed by atoms with E-state index in [1.807, 2.05) is 31.2 Å². The van der Waals surface area contributed by atoms with E-state index in [4.69, 9.17) is 0 Å². The number of rotatable bonds is 4. The number of fused-ring (bicyclic) bond motifs is 1. The number of hydrogen-bond donors (Lipinski definition) is 3. The molecule has 2 heterocycles. The van der Waals surface area contributed by atoms with Crippen molar-refractivity contribution in [2.24, 2.45) is 0 Å². The summed E-state index contributed by atoms with van der Waals surface area (Å²) in [6.45, 7) is 2.04. The van der Waals surface area contributed by atoms with Crippen LogP contribution in [0, 0.1) is 6.92 Å². The molecule has 3 aromatic rings. The molecule has 1 aliphatic carbocycles. The highest BCUT2D eigenvalue weighted by Crippen LogP contribution is 2.24. The third-order valence-electron chi connectivity index (χ3n) is 4.70. The van der Waals surface area contributed by atoms with Crippen molar-refractivity contribution in [2.45, 2.75) is 44.8 Å². The molecule has 2 atom stereocenters. The number of aromatic nitrogens is 4. The Morgan fingerprint density at radius 2 is 2.00 bits per heavy atom. The molecule has 0 aliphatic heterocycles. The number of hydrogen-bond acceptors (Lipinski definition) is 7. The number of aliphatic hydroxyl groups is 1. The summed E-state index contributed by atoms with van der Waals surface area (Å²) in [6, 6.07) is 8.06. The van der Waals surface area contributed by atoms with E-state index in [-0.39, 0.29) is 12.1 Å². The first-order valence-electron chi connectivity index (χ1n) is 8.95. The Morgan fingerprint density at radius 3 is 2.85 bits per heavy atom. The van der Waals surface area contributed by atoms with E-state index in [9.17, 15) is 5.11 Å². The molecule has 0 saturated heterocycles. The van der Waals surface area contributed by atoms with E-state index < -0.39 is 0 Å². The Hall–Kier alpha value is -2.80. The molecule has 7 nitrogen and oxygen atoms in total. The highest BCUT2D eigenvalue weighted by Gasteiger charge is 2.23. The van der Waals surface area contributed by atoms with Crippen molar-refractivity contribution in [1.82, 2.24) is 19.9 Å². The summed E-state index contributed by atoms with van der Waals surface area (Å²) in [4.78, 5) is 17.5. The van der Waals surface area contributed by atoms with Gasteiger partial charge in [-0.3, -0.25) is 0 Å². The topological polar surface area (TPSA) is 95.9 Å². The van der Waals surface area contributed by atoms with Gasteiger partial charge in [0.05, 0.1) is 18.3 Å². The average molecular weight is 350 g/mol. The van der Waals surface area contributed by atoms with Crippen LogP contribution >= 0.6 is 0 Å². The van der Waals surface area contributed by atoms with Gasteiger partial charge in [-0.15, -0.1) is 0 Å². The number of aryl methyl sites for hydroxylation is 1. The van der Waals surface area contributed by atoms with Crippen molar-refractivity contribution in [3.05, 3.63) is 42.4 Å². The van der Waals surface area contributed by atoms with Crippen LogP contribution in [0.5, 0.6) is 0 Å². The lowest BCUT2D eigenvalue weighted by Crippen LogP contribution is -2.36. The maximum Gasteiger partial charge on any atom is 0.223 e. The van der Waals surface area contributed by atoms with E-state index in [1.165, 1.54) is 6.33 Å². The van der Waals surface area contributed by atoms with Crippen LogP contribution in [0.15, 0.2) is 36.8 Å². The molecular formula is C19H22N6O. The number of nitrogens with zero attached hydrogens (tertiary/aromatic N) is 4. The van der Waals surface area contributed by atoms with E-state index in [0.29, 0.717) is 22.8 Å². The van der Waals surface area contributed by atoms with Gasteiger partial charge in [0.25, 0.3) is 0 Å². The van der Waals surface area contributed by atoms with Gasteiger partial charge in [0.1, 0.15) is 17.4 Å². The Labute approximate surface area is 151 Å². The van der Waals surface area contributed by atoms with E-state index in [1.54, 1.807) is 6.20 Å². The van der Waals surface area contributed by atoms with Crippen molar-refractivity contribution in [1.29, 1.82) is 0 Å². The lowest BCUT2D eigenvalue weighted by Gasteiger charge is -2.28. The molecule has 2 unspecified atom stereocenters. The fraction of sp³-hybridized carbons (Fsp3) is 0.368. The van der Waals surface area contributed by atoms with Gasteiger partial charge in [0.2, 0.25) is 5.95 Å². The molecule has 3 N–H and O–H groups in total. The smallest absolute Gasteiger partial charge is 0.223 e. The first-order chi connectivity index (χ1) is 12.7. The predicted octanol–water partition coefficient (Wildman–Crippen LogP) is 3.19. The lowest BCUT2D eigenvalue weighted by molar-refractivity contribution is 0.116. The number of aliphatic hydroxyl groups excluding tert-OH is 1. The van der Waals surface area contributed by atoms with Crippen molar-refractivity contribution in [3.63, 3.8) is 0 Å². The van der Waals surface area contributed by atoms with Crippen LogP contribution in [0.1, 0.15) is 31.2 Å². The predicted molar refractivity (Wildman–Crippen MR) is 101 cm³/mol. The van der Waals surface area contributed by atoms with Crippen LogP contribution < -0.4 is 10.6 Å². The van der Waals surface area contributed by atoms with E-state index in [2.05, 4.69) is 30.6 Å². The molecule has 1 aliphatic rings. The SMILES string of the molecule is Cc1cccc(Nc2ncnc3cnc(NC4CCCCC4O)nc23)c1. The number of nitrogens with one attached hydrogen (secondary N) is 2.